The molecule has 0 amide bonds. The minimum atomic E-state index is -0.588. The molecule has 3 aromatic rings. The third kappa shape index (κ3) is 4.49. The molecule has 4 heteroatoms. The molecule has 4 nitrogen and oxygen atoms in total. The van der Waals surface area contributed by atoms with Crippen LogP contribution in [0.25, 0.3) is 0 Å². The van der Waals surface area contributed by atoms with Crippen LogP contribution in [0.5, 0.6) is 11.5 Å². The van der Waals surface area contributed by atoms with Gasteiger partial charge in [0.15, 0.2) is 5.60 Å². The maximum absolute atomic E-state index is 6.52. The Hall–Kier alpha value is -3.53. The topological polar surface area (TPSA) is 34.1 Å². The summed E-state index contributed by atoms with van der Waals surface area (Å²) in [7, 11) is 1.66. The monoisotopic (exact) mass is 384 g/mol. The zero-order valence-electron chi connectivity index (χ0n) is 16.4. The second-order valence-corrected chi connectivity index (χ2v) is 6.95. The summed E-state index contributed by atoms with van der Waals surface area (Å²) >= 11 is 0. The van der Waals surface area contributed by atoms with Crippen LogP contribution >= 0.6 is 0 Å². The zero-order chi connectivity index (χ0) is 19.9. The third-order valence-corrected chi connectivity index (χ3v) is 4.89. The van der Waals surface area contributed by atoms with Gasteiger partial charge in [-0.1, -0.05) is 36.4 Å². The number of allylic oxidation sites excluding steroid dienone is 1. The van der Waals surface area contributed by atoms with Gasteiger partial charge < -0.3 is 14.4 Å². The Morgan fingerprint density at radius 2 is 1.41 bits per heavy atom. The van der Waals surface area contributed by atoms with Crippen molar-refractivity contribution in [3.63, 3.8) is 0 Å². The Balaban J connectivity index is 1.68. The van der Waals surface area contributed by atoms with Gasteiger partial charge in [-0.3, -0.25) is 4.99 Å². The second kappa shape index (κ2) is 8.65. The van der Waals surface area contributed by atoms with E-state index in [2.05, 4.69) is 64.5 Å². The predicted molar refractivity (Wildman–Crippen MR) is 119 cm³/mol. The number of rotatable bonds is 7. The van der Waals surface area contributed by atoms with Crippen LogP contribution in [0.2, 0.25) is 0 Å². The number of anilines is 2. The van der Waals surface area contributed by atoms with Crippen molar-refractivity contribution in [1.29, 1.82) is 0 Å². The van der Waals surface area contributed by atoms with Gasteiger partial charge in [0.2, 0.25) is 0 Å². The smallest absolute Gasteiger partial charge is 0.165 e. The first-order valence-corrected chi connectivity index (χ1v) is 9.66. The summed E-state index contributed by atoms with van der Waals surface area (Å²) in [6.07, 6.45) is 5.88. The van der Waals surface area contributed by atoms with Crippen LogP contribution in [0.15, 0.2) is 102 Å². The lowest BCUT2D eigenvalue weighted by atomic mass is 9.99. The summed E-state index contributed by atoms with van der Waals surface area (Å²) in [5, 5.41) is 0. The Kier molecular flexibility index (Phi) is 5.61. The van der Waals surface area contributed by atoms with Crippen LogP contribution in [0, 0.1) is 0 Å². The van der Waals surface area contributed by atoms with Crippen LogP contribution < -0.4 is 14.4 Å². The normalized spacial score (nSPS) is 17.7. The number of hydrogen-bond acceptors (Lipinski definition) is 4. The highest BCUT2D eigenvalue weighted by Gasteiger charge is 2.34. The molecule has 1 aliphatic heterocycles. The van der Waals surface area contributed by atoms with Crippen LogP contribution in [-0.2, 0) is 0 Å². The first-order chi connectivity index (χ1) is 14.3. The van der Waals surface area contributed by atoms with Crippen molar-refractivity contribution in [2.45, 2.75) is 5.60 Å². The number of benzene rings is 3. The fourth-order valence-corrected chi connectivity index (χ4v) is 3.43. The van der Waals surface area contributed by atoms with Crippen LogP contribution in [-0.4, -0.2) is 32.0 Å². The minimum Gasteiger partial charge on any atom is -0.497 e. The lowest BCUT2D eigenvalue weighted by molar-refractivity contribution is 0.137. The highest BCUT2D eigenvalue weighted by atomic mass is 16.5. The van der Waals surface area contributed by atoms with E-state index in [-0.39, 0.29) is 0 Å². The lowest BCUT2D eigenvalue weighted by Crippen LogP contribution is -2.48. The van der Waals surface area contributed by atoms with E-state index in [1.165, 1.54) is 0 Å². The summed E-state index contributed by atoms with van der Waals surface area (Å²) in [5.74, 6) is 1.59. The van der Waals surface area contributed by atoms with E-state index in [0.29, 0.717) is 13.1 Å². The van der Waals surface area contributed by atoms with E-state index in [4.69, 9.17) is 9.47 Å². The summed E-state index contributed by atoms with van der Waals surface area (Å²) in [6.45, 7) is 1.17. The molecule has 1 atom stereocenters. The predicted octanol–water partition coefficient (Wildman–Crippen LogP) is 5.29. The number of ether oxygens (including phenoxy) is 2. The van der Waals surface area contributed by atoms with Gasteiger partial charge in [-0.05, 0) is 60.7 Å². The molecule has 0 saturated carbocycles. The number of nitrogens with zero attached hydrogens (tertiary/aromatic N) is 2. The maximum atomic E-state index is 6.52. The minimum absolute atomic E-state index is 0.547. The van der Waals surface area contributed by atoms with Crippen LogP contribution in [0.3, 0.4) is 0 Å². The molecule has 0 spiro atoms. The van der Waals surface area contributed by atoms with Gasteiger partial charge in [-0.2, -0.15) is 0 Å². The Labute approximate surface area is 171 Å². The van der Waals surface area contributed by atoms with E-state index in [1.54, 1.807) is 7.11 Å². The molecule has 0 bridgehead atoms. The standard InChI is InChI=1S/C25H24N2O2/c1-28-23-13-15-24(16-14-23)29-25(17-8-18-26-19-25)20-27(21-9-4-2-5-10-21)22-11-6-3-7-12-22/h2-18H,19-20H2,1H3. The van der Waals surface area contributed by atoms with Crippen molar-refractivity contribution in [3.8, 4) is 11.5 Å². The molecule has 0 fully saturated rings. The quantitative estimate of drug-likeness (QED) is 0.555. The third-order valence-electron chi connectivity index (χ3n) is 4.89. The Morgan fingerprint density at radius 3 is 1.93 bits per heavy atom. The van der Waals surface area contributed by atoms with E-state index in [0.717, 1.165) is 22.9 Å². The SMILES string of the molecule is COc1ccc(OC2(CN(c3ccccc3)c3ccccc3)C=CC=NC2)cc1. The molecule has 0 aromatic heterocycles. The maximum Gasteiger partial charge on any atom is 0.165 e. The molecular formula is C25H24N2O2. The average molecular weight is 384 g/mol. The van der Waals surface area contributed by atoms with Crippen molar-refractivity contribution in [3.05, 3.63) is 97.1 Å². The first kappa shape index (κ1) is 18.8. The molecule has 0 radical (unpaired) electrons. The number of dihydropyridines is 1. The molecule has 0 aliphatic carbocycles. The molecule has 1 unspecified atom stereocenters. The van der Waals surface area contributed by atoms with Crippen molar-refractivity contribution in [2.75, 3.05) is 25.1 Å². The lowest BCUT2D eigenvalue weighted by Gasteiger charge is -2.37. The molecule has 1 aliphatic rings. The molecule has 29 heavy (non-hydrogen) atoms. The number of hydrogen-bond donors (Lipinski definition) is 0. The summed E-state index contributed by atoms with van der Waals surface area (Å²) in [6, 6.07) is 28.4. The highest BCUT2D eigenvalue weighted by molar-refractivity contribution is 5.73. The first-order valence-electron chi connectivity index (χ1n) is 9.66. The Morgan fingerprint density at radius 1 is 0.828 bits per heavy atom. The van der Waals surface area contributed by atoms with Gasteiger partial charge in [0, 0.05) is 17.6 Å². The van der Waals surface area contributed by atoms with Crippen molar-refractivity contribution >= 4 is 17.6 Å². The second-order valence-electron chi connectivity index (χ2n) is 6.95. The molecule has 0 saturated heterocycles. The van der Waals surface area contributed by atoms with Crippen molar-refractivity contribution in [1.82, 2.24) is 0 Å². The molecular weight excluding hydrogens is 360 g/mol. The number of methoxy groups -OCH3 is 1. The van der Waals surface area contributed by atoms with Crippen molar-refractivity contribution < 1.29 is 9.47 Å². The van der Waals surface area contributed by atoms with E-state index in [1.807, 2.05) is 48.7 Å². The van der Waals surface area contributed by atoms with E-state index in [9.17, 15) is 0 Å². The van der Waals surface area contributed by atoms with Gasteiger partial charge in [0.25, 0.3) is 0 Å². The van der Waals surface area contributed by atoms with Gasteiger partial charge in [-0.15, -0.1) is 0 Å². The average Bonchev–Trinajstić information content (AvgIpc) is 2.80. The summed E-state index contributed by atoms with van der Waals surface area (Å²) in [5.41, 5.74) is 1.63. The van der Waals surface area contributed by atoms with Crippen LogP contribution in [0.4, 0.5) is 11.4 Å². The summed E-state index contributed by atoms with van der Waals surface area (Å²) < 4.78 is 11.8. The van der Waals surface area contributed by atoms with Crippen molar-refractivity contribution in [2.24, 2.45) is 4.99 Å². The van der Waals surface area contributed by atoms with E-state index < -0.39 is 5.60 Å². The largest absolute Gasteiger partial charge is 0.497 e. The Bertz CT molecular complexity index is 929. The van der Waals surface area contributed by atoms with Gasteiger partial charge in [0.1, 0.15) is 11.5 Å². The molecule has 4 rings (SSSR count). The molecule has 3 aromatic carbocycles. The molecule has 0 N–H and O–H groups in total. The highest BCUT2D eigenvalue weighted by Crippen LogP contribution is 2.31. The zero-order valence-corrected chi connectivity index (χ0v) is 16.4. The summed E-state index contributed by atoms with van der Waals surface area (Å²) in [4.78, 5) is 6.79. The number of aliphatic imine (C=N–C) groups is 1. The number of para-hydroxylation sites is 2. The fraction of sp³-hybridized carbons (Fsp3) is 0.160. The van der Waals surface area contributed by atoms with Crippen LogP contribution in [0.1, 0.15) is 0 Å². The van der Waals surface area contributed by atoms with E-state index >= 15 is 0 Å². The molecule has 146 valence electrons. The molecule has 1 heterocycles. The fourth-order valence-electron chi connectivity index (χ4n) is 3.43. The van der Waals surface area contributed by atoms with Gasteiger partial charge in [-0.25, -0.2) is 0 Å². The van der Waals surface area contributed by atoms with Gasteiger partial charge in [0.05, 0.1) is 20.2 Å². The van der Waals surface area contributed by atoms with Gasteiger partial charge >= 0.3 is 0 Å².